The number of benzene rings is 3. The van der Waals surface area contributed by atoms with E-state index in [1.54, 1.807) is 36.4 Å². The summed E-state index contributed by atoms with van der Waals surface area (Å²) in [5, 5.41) is 9.19. The van der Waals surface area contributed by atoms with Crippen molar-refractivity contribution in [2.45, 2.75) is 13.8 Å². The maximum atomic E-state index is 12.5. The molecule has 0 saturated carbocycles. The largest absolute Gasteiger partial charge is 0.497 e. The number of halogens is 1. The third-order valence-electron chi connectivity index (χ3n) is 5.28. The Bertz CT molecular complexity index is 1340. The normalized spacial score (nSPS) is 10.6. The lowest BCUT2D eigenvalue weighted by Crippen LogP contribution is -2.32. The first-order valence-corrected chi connectivity index (χ1v) is 12.4. The number of nitrogens with one attached hydrogen (secondary N) is 3. The second kappa shape index (κ2) is 13.4. The fraction of sp³-hybridized carbons (Fsp3) is 0.185. The van der Waals surface area contributed by atoms with Crippen molar-refractivity contribution in [1.29, 1.82) is 0 Å². The number of anilines is 2. The fourth-order valence-electron chi connectivity index (χ4n) is 3.36. The van der Waals surface area contributed by atoms with Crippen molar-refractivity contribution in [2.75, 3.05) is 31.5 Å². The molecule has 0 aliphatic rings. The number of hydrazone groups is 1. The molecule has 0 atom stereocenters. The SMILES string of the molecule is COc1ccc(NC(=O)C(=O)N/N=C\c2cc(I)c(OCC(=O)Nc3c(C)cccc3C)c(OC)c2)cc1. The highest BCUT2D eigenvalue weighted by atomic mass is 127. The van der Waals surface area contributed by atoms with Gasteiger partial charge in [-0.15, -0.1) is 0 Å². The minimum absolute atomic E-state index is 0.215. The van der Waals surface area contributed by atoms with Gasteiger partial charge in [0.05, 0.1) is 24.0 Å². The number of para-hydroxylation sites is 1. The number of rotatable bonds is 9. The van der Waals surface area contributed by atoms with Gasteiger partial charge in [-0.3, -0.25) is 14.4 Å². The van der Waals surface area contributed by atoms with Crippen LogP contribution in [0.25, 0.3) is 0 Å². The maximum absolute atomic E-state index is 12.5. The Morgan fingerprint density at radius 1 is 0.921 bits per heavy atom. The molecule has 0 spiro atoms. The van der Waals surface area contributed by atoms with Crippen molar-refractivity contribution in [3.8, 4) is 17.2 Å². The van der Waals surface area contributed by atoms with Gasteiger partial charge in [0.25, 0.3) is 5.91 Å². The topological polar surface area (TPSA) is 127 Å². The number of carbonyl (C=O) groups excluding carboxylic acids is 3. The molecular weight excluding hydrogens is 603 g/mol. The lowest BCUT2D eigenvalue weighted by Gasteiger charge is -2.15. The third-order valence-corrected chi connectivity index (χ3v) is 6.08. The first kappa shape index (κ1) is 28.4. The standard InChI is InChI=1S/C27H27IN4O6/c1-16-6-5-7-17(2)24(16)31-23(33)15-38-25-21(28)12-18(13-22(25)37-4)14-29-32-27(35)26(34)30-19-8-10-20(36-3)11-9-19/h5-14H,15H2,1-4H3,(H,30,34)(H,31,33)(H,32,35)/b29-14-. The molecule has 3 N–H and O–H groups in total. The van der Waals surface area contributed by atoms with Gasteiger partial charge in [-0.25, -0.2) is 5.43 Å². The Kier molecular flexibility index (Phi) is 10.0. The van der Waals surface area contributed by atoms with Gasteiger partial charge in [0.2, 0.25) is 0 Å². The highest BCUT2D eigenvalue weighted by Gasteiger charge is 2.15. The Morgan fingerprint density at radius 3 is 2.24 bits per heavy atom. The molecule has 0 heterocycles. The van der Waals surface area contributed by atoms with E-state index in [1.165, 1.54) is 20.4 Å². The predicted molar refractivity (Wildman–Crippen MR) is 153 cm³/mol. The summed E-state index contributed by atoms with van der Waals surface area (Å²) in [6, 6.07) is 15.7. The molecule has 0 unspecified atom stereocenters. The third kappa shape index (κ3) is 7.68. The molecule has 0 aliphatic carbocycles. The van der Waals surface area contributed by atoms with Crippen LogP contribution in [-0.4, -0.2) is 44.8 Å². The van der Waals surface area contributed by atoms with Crippen LogP contribution in [0.4, 0.5) is 11.4 Å². The summed E-state index contributed by atoms with van der Waals surface area (Å²) < 4.78 is 16.9. The van der Waals surface area contributed by atoms with Crippen LogP contribution in [0.5, 0.6) is 17.2 Å². The first-order chi connectivity index (χ1) is 18.2. The van der Waals surface area contributed by atoms with Gasteiger partial charge in [0, 0.05) is 11.4 Å². The number of aryl methyl sites for hydroxylation is 2. The summed E-state index contributed by atoms with van der Waals surface area (Å²) in [6.07, 6.45) is 1.36. The van der Waals surface area contributed by atoms with E-state index in [2.05, 4.69) is 43.8 Å². The second-order valence-electron chi connectivity index (χ2n) is 8.02. The highest BCUT2D eigenvalue weighted by Crippen LogP contribution is 2.33. The molecule has 3 aromatic carbocycles. The average Bonchev–Trinajstić information content (AvgIpc) is 2.90. The van der Waals surface area contributed by atoms with Crippen LogP contribution < -0.4 is 30.3 Å². The summed E-state index contributed by atoms with van der Waals surface area (Å²) in [7, 11) is 3.00. The van der Waals surface area contributed by atoms with Gasteiger partial charge in [-0.1, -0.05) is 18.2 Å². The summed E-state index contributed by atoms with van der Waals surface area (Å²) in [4.78, 5) is 36.7. The number of hydrogen-bond donors (Lipinski definition) is 3. The number of carbonyl (C=O) groups is 3. The lowest BCUT2D eigenvalue weighted by molar-refractivity contribution is -0.136. The van der Waals surface area contributed by atoms with Gasteiger partial charge in [0.1, 0.15) is 5.75 Å². The lowest BCUT2D eigenvalue weighted by atomic mass is 10.1. The van der Waals surface area contributed by atoms with Crippen molar-refractivity contribution in [1.82, 2.24) is 5.43 Å². The Morgan fingerprint density at radius 2 is 1.61 bits per heavy atom. The monoisotopic (exact) mass is 630 g/mol. The zero-order valence-corrected chi connectivity index (χ0v) is 23.4. The van der Waals surface area contributed by atoms with Crippen molar-refractivity contribution in [3.05, 3.63) is 74.9 Å². The van der Waals surface area contributed by atoms with E-state index in [9.17, 15) is 14.4 Å². The minimum Gasteiger partial charge on any atom is -0.497 e. The Balaban J connectivity index is 1.58. The molecule has 0 aromatic heterocycles. The number of ether oxygens (including phenoxy) is 3. The van der Waals surface area contributed by atoms with Gasteiger partial charge >= 0.3 is 11.8 Å². The van der Waals surface area contributed by atoms with Gasteiger partial charge in [0.15, 0.2) is 18.1 Å². The molecule has 198 valence electrons. The molecule has 0 aliphatic heterocycles. The molecule has 3 aromatic rings. The minimum atomic E-state index is -0.936. The first-order valence-electron chi connectivity index (χ1n) is 11.4. The van der Waals surface area contributed by atoms with Gasteiger partial charge in [-0.2, -0.15) is 5.10 Å². The van der Waals surface area contributed by atoms with Crippen LogP contribution in [0.15, 0.2) is 59.7 Å². The summed E-state index contributed by atoms with van der Waals surface area (Å²) in [6.45, 7) is 3.63. The van der Waals surface area contributed by atoms with Crippen LogP contribution in [-0.2, 0) is 14.4 Å². The second-order valence-corrected chi connectivity index (χ2v) is 9.18. The fourth-order valence-corrected chi connectivity index (χ4v) is 4.14. The zero-order chi connectivity index (χ0) is 27.7. The van der Waals surface area contributed by atoms with E-state index in [-0.39, 0.29) is 12.5 Å². The van der Waals surface area contributed by atoms with Crippen LogP contribution in [0.3, 0.4) is 0 Å². The number of amides is 3. The van der Waals surface area contributed by atoms with Crippen molar-refractivity contribution in [2.24, 2.45) is 5.10 Å². The van der Waals surface area contributed by atoms with E-state index >= 15 is 0 Å². The van der Waals surface area contributed by atoms with E-state index in [4.69, 9.17) is 14.2 Å². The summed E-state index contributed by atoms with van der Waals surface area (Å²) in [5.74, 6) is -0.719. The maximum Gasteiger partial charge on any atom is 0.329 e. The van der Waals surface area contributed by atoms with E-state index in [0.29, 0.717) is 32.1 Å². The van der Waals surface area contributed by atoms with Gasteiger partial charge in [-0.05, 0) is 89.5 Å². The van der Waals surface area contributed by atoms with Crippen LogP contribution in [0.1, 0.15) is 16.7 Å². The van der Waals surface area contributed by atoms with Gasteiger partial charge < -0.3 is 24.8 Å². The highest BCUT2D eigenvalue weighted by molar-refractivity contribution is 14.1. The average molecular weight is 630 g/mol. The molecule has 11 heteroatoms. The van der Waals surface area contributed by atoms with E-state index < -0.39 is 11.8 Å². The van der Waals surface area contributed by atoms with Crippen molar-refractivity contribution in [3.63, 3.8) is 0 Å². The van der Waals surface area contributed by atoms with E-state index in [1.807, 2.05) is 32.0 Å². The quantitative estimate of drug-likeness (QED) is 0.142. The number of methoxy groups -OCH3 is 2. The Hall–Kier alpha value is -4.13. The molecule has 0 fully saturated rings. The van der Waals surface area contributed by atoms with Crippen molar-refractivity contribution < 1.29 is 28.6 Å². The van der Waals surface area contributed by atoms with E-state index in [0.717, 1.165) is 16.8 Å². The molecule has 38 heavy (non-hydrogen) atoms. The number of nitrogens with zero attached hydrogens (tertiary/aromatic N) is 1. The Labute approximate surface area is 233 Å². The summed E-state index contributed by atoms with van der Waals surface area (Å²) in [5.41, 5.74) is 5.87. The number of hydrogen-bond acceptors (Lipinski definition) is 7. The molecule has 0 radical (unpaired) electrons. The van der Waals surface area contributed by atoms with Crippen LogP contribution in [0, 0.1) is 17.4 Å². The summed E-state index contributed by atoms with van der Waals surface area (Å²) >= 11 is 2.05. The van der Waals surface area contributed by atoms with Crippen LogP contribution in [0.2, 0.25) is 0 Å². The molecule has 0 bridgehead atoms. The molecule has 3 amide bonds. The van der Waals surface area contributed by atoms with Crippen molar-refractivity contribution >= 4 is 57.9 Å². The predicted octanol–water partition coefficient (Wildman–Crippen LogP) is 4.03. The van der Waals surface area contributed by atoms with Crippen LogP contribution >= 0.6 is 22.6 Å². The smallest absolute Gasteiger partial charge is 0.329 e. The molecule has 10 nitrogen and oxygen atoms in total. The molecule has 0 saturated heterocycles. The zero-order valence-electron chi connectivity index (χ0n) is 21.3. The molecule has 3 rings (SSSR count). The molecular formula is C27H27IN4O6.